The zero-order valence-electron chi connectivity index (χ0n) is 15.0. The van der Waals surface area contributed by atoms with Gasteiger partial charge in [-0.3, -0.25) is 4.79 Å². The van der Waals surface area contributed by atoms with Gasteiger partial charge in [0.2, 0.25) is 0 Å². The maximum Gasteiger partial charge on any atom is 0.308 e. The molecule has 6 nitrogen and oxygen atoms in total. The van der Waals surface area contributed by atoms with Crippen molar-refractivity contribution in [3.63, 3.8) is 0 Å². The highest BCUT2D eigenvalue weighted by Crippen LogP contribution is 2.35. The summed E-state index contributed by atoms with van der Waals surface area (Å²) in [6.45, 7) is 1.07. The van der Waals surface area contributed by atoms with Crippen LogP contribution in [0.4, 0.5) is 10.2 Å². The van der Waals surface area contributed by atoms with E-state index in [1.54, 1.807) is 6.07 Å². The number of fused-ring (bicyclic) bond motifs is 1. The number of carbonyl (C=O) groups is 1. The first-order valence-electron chi connectivity index (χ1n) is 9.00. The number of hydrogen-bond donors (Lipinski definition) is 1. The SMILES string of the molecule is N#Cc1ccc(-c2cccc3ncnc(N4CCCC(C(=O)O)C4)c23)cc1F. The van der Waals surface area contributed by atoms with E-state index in [0.29, 0.717) is 36.4 Å². The quantitative estimate of drug-likeness (QED) is 0.751. The minimum atomic E-state index is -0.808. The lowest BCUT2D eigenvalue weighted by Crippen LogP contribution is -2.39. The number of aliphatic carboxylic acids is 1. The van der Waals surface area contributed by atoms with E-state index in [4.69, 9.17) is 5.26 Å². The van der Waals surface area contributed by atoms with Gasteiger partial charge in [-0.25, -0.2) is 14.4 Å². The summed E-state index contributed by atoms with van der Waals surface area (Å²) in [5, 5.41) is 19.1. The largest absolute Gasteiger partial charge is 0.481 e. The van der Waals surface area contributed by atoms with Crippen LogP contribution < -0.4 is 4.90 Å². The number of rotatable bonds is 3. The van der Waals surface area contributed by atoms with E-state index in [1.807, 2.05) is 29.2 Å². The van der Waals surface area contributed by atoms with Crippen LogP contribution in [-0.4, -0.2) is 34.1 Å². The average Bonchev–Trinajstić information content (AvgIpc) is 2.73. The minimum Gasteiger partial charge on any atom is -0.481 e. The third-order valence-corrected chi connectivity index (χ3v) is 5.11. The lowest BCUT2D eigenvalue weighted by atomic mass is 9.96. The van der Waals surface area contributed by atoms with E-state index >= 15 is 0 Å². The Bertz CT molecular complexity index is 1100. The fraction of sp³-hybridized carbons (Fsp3) is 0.238. The molecule has 0 saturated carbocycles. The number of halogens is 1. The highest BCUT2D eigenvalue weighted by molar-refractivity contribution is 6.02. The van der Waals surface area contributed by atoms with Crippen LogP contribution in [0.3, 0.4) is 0 Å². The molecule has 1 aliphatic heterocycles. The molecule has 7 heteroatoms. The molecule has 1 unspecified atom stereocenters. The molecule has 1 aromatic heterocycles. The van der Waals surface area contributed by atoms with Crippen LogP contribution in [0.1, 0.15) is 18.4 Å². The molecule has 0 bridgehead atoms. The lowest BCUT2D eigenvalue weighted by molar-refractivity contribution is -0.141. The Balaban J connectivity index is 1.86. The molecule has 1 aliphatic rings. The van der Waals surface area contributed by atoms with E-state index in [-0.39, 0.29) is 5.56 Å². The van der Waals surface area contributed by atoms with Crippen molar-refractivity contribution in [3.8, 4) is 17.2 Å². The molecule has 2 aromatic carbocycles. The molecule has 4 rings (SSSR count). The number of hydrogen-bond acceptors (Lipinski definition) is 5. The number of piperidine rings is 1. The van der Waals surface area contributed by atoms with Crippen molar-refractivity contribution in [2.75, 3.05) is 18.0 Å². The zero-order valence-corrected chi connectivity index (χ0v) is 15.0. The van der Waals surface area contributed by atoms with E-state index < -0.39 is 17.7 Å². The summed E-state index contributed by atoms with van der Waals surface area (Å²) in [4.78, 5) is 22.2. The molecular weight excluding hydrogens is 359 g/mol. The Hall–Kier alpha value is -3.53. The van der Waals surface area contributed by atoms with Gasteiger partial charge in [0.1, 0.15) is 24.0 Å². The maximum atomic E-state index is 14.2. The standard InChI is InChI=1S/C21H17FN4O2/c22-17-9-13(6-7-14(17)10-23)16-4-1-5-18-19(16)20(25-12-24-18)26-8-2-3-15(11-26)21(27)28/h1,4-7,9,12,15H,2-3,8,11H2,(H,27,28). The summed E-state index contributed by atoms with van der Waals surface area (Å²) in [6.07, 6.45) is 2.86. The second kappa shape index (κ2) is 7.24. The van der Waals surface area contributed by atoms with Crippen LogP contribution in [0.5, 0.6) is 0 Å². The van der Waals surface area contributed by atoms with Crippen molar-refractivity contribution in [1.29, 1.82) is 5.26 Å². The molecule has 1 N–H and O–H groups in total. The number of nitrogens with zero attached hydrogens (tertiary/aromatic N) is 4. The van der Waals surface area contributed by atoms with E-state index in [2.05, 4.69) is 9.97 Å². The topological polar surface area (TPSA) is 90.1 Å². The molecule has 3 aromatic rings. The van der Waals surface area contributed by atoms with Gasteiger partial charge in [0.15, 0.2) is 0 Å². The van der Waals surface area contributed by atoms with Crippen molar-refractivity contribution in [2.24, 2.45) is 5.92 Å². The van der Waals surface area contributed by atoms with Gasteiger partial charge in [-0.05, 0) is 42.2 Å². The van der Waals surface area contributed by atoms with Crippen LogP contribution in [-0.2, 0) is 4.79 Å². The first kappa shape index (κ1) is 17.9. The van der Waals surface area contributed by atoms with Crippen LogP contribution in [0, 0.1) is 23.1 Å². The Morgan fingerprint density at radius 2 is 2.14 bits per heavy atom. The average molecular weight is 376 g/mol. The summed E-state index contributed by atoms with van der Waals surface area (Å²) in [5.41, 5.74) is 2.05. The molecule has 1 atom stereocenters. The molecule has 140 valence electrons. The number of benzene rings is 2. The van der Waals surface area contributed by atoms with Crippen molar-refractivity contribution in [1.82, 2.24) is 9.97 Å². The Morgan fingerprint density at radius 3 is 2.89 bits per heavy atom. The summed E-state index contributed by atoms with van der Waals surface area (Å²) in [5.74, 6) is -1.19. The van der Waals surface area contributed by atoms with Crippen molar-refractivity contribution >= 4 is 22.7 Å². The Morgan fingerprint density at radius 1 is 1.29 bits per heavy atom. The van der Waals surface area contributed by atoms with E-state index in [0.717, 1.165) is 17.4 Å². The van der Waals surface area contributed by atoms with Gasteiger partial charge >= 0.3 is 5.97 Å². The first-order chi connectivity index (χ1) is 13.6. The fourth-order valence-electron chi connectivity index (χ4n) is 3.72. The number of aromatic nitrogens is 2. The van der Waals surface area contributed by atoms with Gasteiger partial charge < -0.3 is 10.0 Å². The van der Waals surface area contributed by atoms with Crippen LogP contribution in [0.15, 0.2) is 42.7 Å². The summed E-state index contributed by atoms with van der Waals surface area (Å²) < 4.78 is 14.2. The normalized spacial score (nSPS) is 16.7. The smallest absolute Gasteiger partial charge is 0.308 e. The third kappa shape index (κ3) is 3.14. The molecule has 1 fully saturated rings. The molecule has 0 amide bonds. The fourth-order valence-corrected chi connectivity index (χ4v) is 3.72. The molecule has 28 heavy (non-hydrogen) atoms. The second-order valence-corrected chi connectivity index (χ2v) is 6.83. The Labute approximate surface area is 160 Å². The molecule has 1 saturated heterocycles. The van der Waals surface area contributed by atoms with Gasteiger partial charge in [0, 0.05) is 13.1 Å². The van der Waals surface area contributed by atoms with E-state index in [1.165, 1.54) is 18.5 Å². The predicted molar refractivity (Wildman–Crippen MR) is 102 cm³/mol. The Kier molecular flexibility index (Phi) is 4.62. The van der Waals surface area contributed by atoms with Gasteiger partial charge in [-0.2, -0.15) is 5.26 Å². The molecule has 2 heterocycles. The molecule has 0 spiro atoms. The number of carboxylic acid groups (broad SMARTS) is 1. The van der Waals surface area contributed by atoms with Gasteiger partial charge in [-0.15, -0.1) is 0 Å². The summed E-state index contributed by atoms with van der Waals surface area (Å²) >= 11 is 0. The third-order valence-electron chi connectivity index (χ3n) is 5.11. The molecule has 0 radical (unpaired) electrons. The van der Waals surface area contributed by atoms with Gasteiger partial charge in [0.25, 0.3) is 0 Å². The zero-order chi connectivity index (χ0) is 19.7. The van der Waals surface area contributed by atoms with Crippen LogP contribution >= 0.6 is 0 Å². The highest BCUT2D eigenvalue weighted by atomic mass is 19.1. The summed E-state index contributed by atoms with van der Waals surface area (Å²) in [6, 6.07) is 11.9. The second-order valence-electron chi connectivity index (χ2n) is 6.83. The number of anilines is 1. The molecule has 0 aliphatic carbocycles. The number of carboxylic acids is 1. The van der Waals surface area contributed by atoms with Gasteiger partial charge in [-0.1, -0.05) is 18.2 Å². The summed E-state index contributed by atoms with van der Waals surface area (Å²) in [7, 11) is 0. The highest BCUT2D eigenvalue weighted by Gasteiger charge is 2.27. The van der Waals surface area contributed by atoms with Crippen molar-refractivity contribution in [3.05, 3.63) is 54.1 Å². The van der Waals surface area contributed by atoms with Crippen molar-refractivity contribution in [2.45, 2.75) is 12.8 Å². The minimum absolute atomic E-state index is 0.0132. The lowest BCUT2D eigenvalue weighted by Gasteiger charge is -2.32. The monoisotopic (exact) mass is 376 g/mol. The van der Waals surface area contributed by atoms with Crippen LogP contribution in [0.25, 0.3) is 22.0 Å². The maximum absolute atomic E-state index is 14.2. The number of nitriles is 1. The van der Waals surface area contributed by atoms with Gasteiger partial charge in [0.05, 0.1) is 22.4 Å². The van der Waals surface area contributed by atoms with E-state index in [9.17, 15) is 14.3 Å². The molecular formula is C21H17FN4O2. The first-order valence-corrected chi connectivity index (χ1v) is 9.00. The van der Waals surface area contributed by atoms with Crippen molar-refractivity contribution < 1.29 is 14.3 Å². The predicted octanol–water partition coefficient (Wildman–Crippen LogP) is 3.61. The van der Waals surface area contributed by atoms with Crippen LogP contribution in [0.2, 0.25) is 0 Å².